The molecule has 3 rings (SSSR count). The number of amides is 1. The van der Waals surface area contributed by atoms with Gasteiger partial charge in [0, 0.05) is 11.1 Å². The summed E-state index contributed by atoms with van der Waals surface area (Å²) in [7, 11) is 1.56. The van der Waals surface area contributed by atoms with Crippen LogP contribution >= 0.6 is 0 Å². The maximum atomic E-state index is 14.3. The van der Waals surface area contributed by atoms with E-state index in [1.54, 1.807) is 43.5 Å². The van der Waals surface area contributed by atoms with Gasteiger partial charge in [-0.3, -0.25) is 4.79 Å². The van der Waals surface area contributed by atoms with Gasteiger partial charge in [-0.15, -0.1) is 0 Å². The summed E-state index contributed by atoms with van der Waals surface area (Å²) in [5.41, 5.74) is 0.478. The molecular formula is C19H20FNO2. The Hall–Kier alpha value is -2.36. The molecule has 0 spiro atoms. The average Bonchev–Trinajstić information content (AvgIpc) is 3.04. The lowest BCUT2D eigenvalue weighted by molar-refractivity contribution is 0.0896. The molecule has 1 saturated carbocycles. The molecule has 0 saturated heterocycles. The Balaban J connectivity index is 1.91. The first-order valence-electron chi connectivity index (χ1n) is 7.86. The van der Waals surface area contributed by atoms with Crippen LogP contribution in [0.15, 0.2) is 48.5 Å². The standard InChI is InChI=1S/C19H20FNO2/c1-23-15-8-6-7-14(13-15)18(22)21-19(11-4-5-12-19)16-9-2-3-10-17(16)20/h2-3,6-10,13H,4-5,11-12H2,1H3,(H,21,22). The molecule has 1 amide bonds. The summed E-state index contributed by atoms with van der Waals surface area (Å²) in [4.78, 5) is 12.7. The maximum absolute atomic E-state index is 14.3. The van der Waals surface area contributed by atoms with E-state index in [0.717, 1.165) is 25.7 Å². The molecule has 0 atom stereocenters. The van der Waals surface area contributed by atoms with Gasteiger partial charge in [0.1, 0.15) is 11.6 Å². The molecule has 0 aliphatic heterocycles. The molecule has 0 radical (unpaired) electrons. The van der Waals surface area contributed by atoms with Gasteiger partial charge >= 0.3 is 0 Å². The molecule has 3 nitrogen and oxygen atoms in total. The third kappa shape index (κ3) is 3.07. The van der Waals surface area contributed by atoms with Crippen LogP contribution in [0.3, 0.4) is 0 Å². The predicted octanol–water partition coefficient (Wildman–Crippen LogP) is 4.03. The van der Waals surface area contributed by atoms with E-state index in [2.05, 4.69) is 5.32 Å². The van der Waals surface area contributed by atoms with E-state index in [1.165, 1.54) is 6.07 Å². The van der Waals surface area contributed by atoms with Crippen molar-refractivity contribution in [3.63, 3.8) is 0 Å². The smallest absolute Gasteiger partial charge is 0.252 e. The highest BCUT2D eigenvalue weighted by Crippen LogP contribution is 2.40. The van der Waals surface area contributed by atoms with Crippen LogP contribution in [-0.2, 0) is 5.54 Å². The fourth-order valence-electron chi connectivity index (χ4n) is 3.34. The van der Waals surface area contributed by atoms with E-state index in [0.29, 0.717) is 16.9 Å². The van der Waals surface area contributed by atoms with Gasteiger partial charge in [0.25, 0.3) is 5.91 Å². The highest BCUT2D eigenvalue weighted by Gasteiger charge is 2.39. The van der Waals surface area contributed by atoms with Crippen molar-refractivity contribution in [1.29, 1.82) is 0 Å². The van der Waals surface area contributed by atoms with Gasteiger partial charge in [-0.1, -0.05) is 37.1 Å². The minimum atomic E-state index is -0.620. The number of carbonyl (C=O) groups excluding carboxylic acids is 1. The van der Waals surface area contributed by atoms with Gasteiger partial charge in [-0.25, -0.2) is 4.39 Å². The van der Waals surface area contributed by atoms with Crippen molar-refractivity contribution < 1.29 is 13.9 Å². The lowest BCUT2D eigenvalue weighted by atomic mass is 9.87. The molecule has 1 N–H and O–H groups in total. The van der Waals surface area contributed by atoms with Crippen LogP contribution in [0.1, 0.15) is 41.6 Å². The second-order valence-corrected chi connectivity index (χ2v) is 5.96. The Morgan fingerprint density at radius 3 is 2.57 bits per heavy atom. The molecule has 23 heavy (non-hydrogen) atoms. The summed E-state index contributed by atoms with van der Waals surface area (Å²) in [6.07, 6.45) is 3.47. The number of hydrogen-bond donors (Lipinski definition) is 1. The normalized spacial score (nSPS) is 16.1. The van der Waals surface area contributed by atoms with E-state index in [-0.39, 0.29) is 11.7 Å². The number of methoxy groups -OCH3 is 1. The fourth-order valence-corrected chi connectivity index (χ4v) is 3.34. The van der Waals surface area contributed by atoms with Crippen LogP contribution in [0.25, 0.3) is 0 Å². The van der Waals surface area contributed by atoms with E-state index in [9.17, 15) is 9.18 Å². The number of hydrogen-bond acceptors (Lipinski definition) is 2. The second-order valence-electron chi connectivity index (χ2n) is 5.96. The lowest BCUT2D eigenvalue weighted by Crippen LogP contribution is -2.44. The number of carbonyl (C=O) groups is 1. The lowest BCUT2D eigenvalue weighted by Gasteiger charge is -2.31. The Labute approximate surface area is 135 Å². The maximum Gasteiger partial charge on any atom is 0.252 e. The summed E-state index contributed by atoms with van der Waals surface area (Å²) in [6.45, 7) is 0. The number of ether oxygens (including phenoxy) is 1. The highest BCUT2D eigenvalue weighted by molar-refractivity contribution is 5.95. The molecule has 0 heterocycles. The van der Waals surface area contributed by atoms with Gasteiger partial charge in [0.2, 0.25) is 0 Å². The van der Waals surface area contributed by atoms with Crippen molar-refractivity contribution in [3.05, 3.63) is 65.5 Å². The van der Waals surface area contributed by atoms with Gasteiger partial charge < -0.3 is 10.1 Å². The first kappa shape index (κ1) is 15.5. The molecule has 0 bridgehead atoms. The van der Waals surface area contributed by atoms with E-state index in [4.69, 9.17) is 4.74 Å². The quantitative estimate of drug-likeness (QED) is 0.925. The van der Waals surface area contributed by atoms with Crippen LogP contribution in [0.4, 0.5) is 4.39 Å². The van der Waals surface area contributed by atoms with Crippen LogP contribution in [-0.4, -0.2) is 13.0 Å². The molecule has 4 heteroatoms. The number of benzene rings is 2. The Bertz CT molecular complexity index is 708. The number of rotatable bonds is 4. The molecule has 0 aromatic heterocycles. The van der Waals surface area contributed by atoms with Gasteiger partial charge in [-0.2, -0.15) is 0 Å². The van der Waals surface area contributed by atoms with E-state index >= 15 is 0 Å². The van der Waals surface area contributed by atoms with Crippen LogP contribution in [0.5, 0.6) is 5.75 Å². The second kappa shape index (κ2) is 6.41. The SMILES string of the molecule is COc1cccc(C(=O)NC2(c3ccccc3F)CCCC2)c1. The van der Waals surface area contributed by atoms with E-state index in [1.807, 2.05) is 6.07 Å². The van der Waals surface area contributed by atoms with Crippen molar-refractivity contribution in [2.75, 3.05) is 7.11 Å². The highest BCUT2D eigenvalue weighted by atomic mass is 19.1. The molecular weight excluding hydrogens is 293 g/mol. The summed E-state index contributed by atoms with van der Waals surface area (Å²) in [5.74, 6) is 0.165. The predicted molar refractivity (Wildman–Crippen MR) is 87.0 cm³/mol. The number of nitrogens with one attached hydrogen (secondary N) is 1. The van der Waals surface area contributed by atoms with Crippen molar-refractivity contribution in [3.8, 4) is 5.75 Å². The van der Waals surface area contributed by atoms with Crippen molar-refractivity contribution in [2.24, 2.45) is 0 Å². The van der Waals surface area contributed by atoms with Crippen molar-refractivity contribution in [2.45, 2.75) is 31.2 Å². The van der Waals surface area contributed by atoms with Gasteiger partial charge in [0.05, 0.1) is 12.6 Å². The zero-order chi connectivity index (χ0) is 16.3. The molecule has 1 aliphatic rings. The first-order valence-corrected chi connectivity index (χ1v) is 7.86. The zero-order valence-electron chi connectivity index (χ0n) is 13.1. The van der Waals surface area contributed by atoms with Gasteiger partial charge in [0.15, 0.2) is 0 Å². The minimum absolute atomic E-state index is 0.200. The Morgan fingerprint density at radius 2 is 1.87 bits per heavy atom. The summed E-state index contributed by atoms with van der Waals surface area (Å²) in [6, 6.07) is 13.7. The summed E-state index contributed by atoms with van der Waals surface area (Å²) < 4.78 is 19.5. The van der Waals surface area contributed by atoms with Crippen molar-refractivity contribution >= 4 is 5.91 Å². The fraction of sp³-hybridized carbons (Fsp3) is 0.316. The summed E-state index contributed by atoms with van der Waals surface area (Å²) in [5, 5.41) is 3.08. The molecule has 1 fully saturated rings. The van der Waals surface area contributed by atoms with E-state index < -0.39 is 5.54 Å². The molecule has 120 valence electrons. The molecule has 2 aromatic rings. The van der Waals surface area contributed by atoms with Gasteiger partial charge in [-0.05, 0) is 37.1 Å². The van der Waals surface area contributed by atoms with Crippen LogP contribution in [0, 0.1) is 5.82 Å². The minimum Gasteiger partial charge on any atom is -0.497 e. The average molecular weight is 313 g/mol. The molecule has 1 aliphatic carbocycles. The van der Waals surface area contributed by atoms with Crippen molar-refractivity contribution in [1.82, 2.24) is 5.32 Å². The molecule has 0 unspecified atom stereocenters. The largest absolute Gasteiger partial charge is 0.497 e. The summed E-state index contributed by atoms with van der Waals surface area (Å²) >= 11 is 0. The molecule has 2 aromatic carbocycles. The topological polar surface area (TPSA) is 38.3 Å². The van der Waals surface area contributed by atoms with Crippen LogP contribution < -0.4 is 10.1 Å². The monoisotopic (exact) mass is 313 g/mol. The third-order valence-corrected chi connectivity index (χ3v) is 4.53. The first-order chi connectivity index (χ1) is 11.1. The zero-order valence-corrected chi connectivity index (χ0v) is 13.1. The Kier molecular flexibility index (Phi) is 4.33. The third-order valence-electron chi connectivity index (χ3n) is 4.53. The number of halogens is 1. The van der Waals surface area contributed by atoms with Crippen LogP contribution in [0.2, 0.25) is 0 Å². The Morgan fingerprint density at radius 1 is 1.13 bits per heavy atom.